The number of aromatic nitrogens is 1. The van der Waals surface area contributed by atoms with Crippen molar-refractivity contribution in [1.29, 1.82) is 0 Å². The maximum atomic E-state index is 13.2. The molecule has 0 unspecified atom stereocenters. The van der Waals surface area contributed by atoms with E-state index in [0.717, 1.165) is 0 Å². The minimum Gasteiger partial charge on any atom is -0.451 e. The molecule has 1 amide bonds. The average molecular weight is 404 g/mol. The van der Waals surface area contributed by atoms with Gasteiger partial charge in [0.15, 0.2) is 5.76 Å². The van der Waals surface area contributed by atoms with E-state index in [9.17, 15) is 19.7 Å². The Morgan fingerprint density at radius 3 is 2.50 bits per heavy atom. The molecule has 0 saturated heterocycles. The number of hydrazine groups is 1. The number of hydrogen-bond donors (Lipinski definition) is 2. The van der Waals surface area contributed by atoms with Crippen molar-refractivity contribution in [2.75, 3.05) is 0 Å². The number of nitro groups is 1. The monoisotopic (exact) mass is 404 g/mol. The number of furan rings is 1. The van der Waals surface area contributed by atoms with Crippen molar-refractivity contribution in [1.82, 2.24) is 9.99 Å². The Hall–Kier alpha value is -4.24. The lowest BCUT2D eigenvalue weighted by atomic mass is 10.1. The topological polar surface area (TPSA) is 133 Å². The Morgan fingerprint density at radius 2 is 1.77 bits per heavy atom. The van der Waals surface area contributed by atoms with Gasteiger partial charge in [-0.25, -0.2) is 5.84 Å². The molecular weight excluding hydrogens is 388 g/mol. The highest BCUT2D eigenvalue weighted by Crippen LogP contribution is 2.32. The van der Waals surface area contributed by atoms with Crippen LogP contribution in [-0.4, -0.2) is 21.3 Å². The van der Waals surface area contributed by atoms with Crippen molar-refractivity contribution in [2.45, 2.75) is 6.92 Å². The van der Waals surface area contributed by atoms with Gasteiger partial charge in [-0.15, -0.1) is 0 Å². The standard InChI is InChI=1S/C21H16N4O5/c1-12-19(20(26)23-22)14-7-3-4-8-15(14)24(12)21(27)18-11-10-17(30-18)13-6-2-5-9-16(13)25(28)29/h2-11H,22H2,1H3,(H,23,26). The Bertz CT molecular complexity index is 1320. The second kappa shape index (κ2) is 7.30. The molecule has 4 rings (SSSR count). The zero-order valence-electron chi connectivity index (χ0n) is 15.8. The molecule has 0 saturated carbocycles. The summed E-state index contributed by atoms with van der Waals surface area (Å²) >= 11 is 0. The predicted octanol–water partition coefficient (Wildman–Crippen LogP) is 3.41. The Labute approximate surface area is 169 Å². The fourth-order valence-corrected chi connectivity index (χ4v) is 3.54. The van der Waals surface area contributed by atoms with E-state index in [1.165, 1.54) is 22.8 Å². The third-order valence-corrected chi connectivity index (χ3v) is 4.86. The first-order valence-corrected chi connectivity index (χ1v) is 8.93. The summed E-state index contributed by atoms with van der Waals surface area (Å²) in [5, 5.41) is 11.9. The lowest BCUT2D eigenvalue weighted by molar-refractivity contribution is -0.384. The zero-order chi connectivity index (χ0) is 21.4. The van der Waals surface area contributed by atoms with Crippen LogP contribution in [0.3, 0.4) is 0 Å². The number of rotatable bonds is 4. The number of fused-ring (bicyclic) bond motifs is 1. The van der Waals surface area contributed by atoms with Gasteiger partial charge < -0.3 is 4.42 Å². The van der Waals surface area contributed by atoms with Gasteiger partial charge in [0.1, 0.15) is 5.76 Å². The number of nitrogens with two attached hydrogens (primary N) is 1. The number of benzene rings is 2. The maximum Gasteiger partial charge on any atom is 0.298 e. The van der Waals surface area contributed by atoms with Crippen molar-refractivity contribution >= 4 is 28.4 Å². The van der Waals surface area contributed by atoms with Crippen molar-refractivity contribution in [3.8, 4) is 11.3 Å². The SMILES string of the molecule is Cc1c(C(=O)NN)c2ccccc2n1C(=O)c1ccc(-c2ccccc2[N+](=O)[O-])o1. The van der Waals surface area contributed by atoms with Gasteiger partial charge in [0.05, 0.1) is 21.6 Å². The van der Waals surface area contributed by atoms with E-state index in [-0.39, 0.29) is 28.3 Å². The van der Waals surface area contributed by atoms with Crippen molar-refractivity contribution in [2.24, 2.45) is 5.84 Å². The van der Waals surface area contributed by atoms with Gasteiger partial charge >= 0.3 is 0 Å². The first-order valence-electron chi connectivity index (χ1n) is 8.93. The summed E-state index contributed by atoms with van der Waals surface area (Å²) in [7, 11) is 0. The summed E-state index contributed by atoms with van der Waals surface area (Å²) in [4.78, 5) is 36.3. The fourth-order valence-electron chi connectivity index (χ4n) is 3.54. The molecule has 9 heteroatoms. The van der Waals surface area contributed by atoms with Crippen LogP contribution >= 0.6 is 0 Å². The zero-order valence-corrected chi connectivity index (χ0v) is 15.8. The molecule has 2 heterocycles. The van der Waals surface area contributed by atoms with Crippen LogP contribution in [0.1, 0.15) is 26.6 Å². The Morgan fingerprint density at radius 1 is 1.07 bits per heavy atom. The molecule has 0 atom stereocenters. The molecule has 2 aromatic heterocycles. The van der Waals surface area contributed by atoms with E-state index in [1.54, 1.807) is 49.4 Å². The number of nitro benzene ring substituents is 1. The van der Waals surface area contributed by atoms with E-state index in [0.29, 0.717) is 16.6 Å². The Balaban J connectivity index is 1.83. The minimum atomic E-state index is -0.518. The summed E-state index contributed by atoms with van der Waals surface area (Å²) < 4.78 is 7.04. The molecule has 0 radical (unpaired) electrons. The van der Waals surface area contributed by atoms with Crippen molar-refractivity contribution < 1.29 is 18.9 Å². The summed E-state index contributed by atoms with van der Waals surface area (Å²) in [6, 6.07) is 16.0. The minimum absolute atomic E-state index is 0.0216. The van der Waals surface area contributed by atoms with Gasteiger partial charge in [0.25, 0.3) is 17.5 Å². The lowest BCUT2D eigenvalue weighted by Crippen LogP contribution is -2.30. The number of amides is 1. The first kappa shape index (κ1) is 19.1. The van der Waals surface area contributed by atoms with Crippen LogP contribution in [0.25, 0.3) is 22.2 Å². The number of para-hydroxylation sites is 2. The third kappa shape index (κ3) is 2.93. The molecular formula is C21H16N4O5. The second-order valence-electron chi connectivity index (χ2n) is 6.53. The first-order chi connectivity index (χ1) is 14.4. The van der Waals surface area contributed by atoms with E-state index < -0.39 is 16.7 Å². The van der Waals surface area contributed by atoms with Crippen LogP contribution in [0.15, 0.2) is 65.1 Å². The molecule has 30 heavy (non-hydrogen) atoms. The normalized spacial score (nSPS) is 10.9. The maximum absolute atomic E-state index is 13.2. The number of carbonyl (C=O) groups is 2. The van der Waals surface area contributed by atoms with Crippen LogP contribution < -0.4 is 11.3 Å². The highest BCUT2D eigenvalue weighted by atomic mass is 16.6. The Kier molecular flexibility index (Phi) is 4.65. The summed E-state index contributed by atoms with van der Waals surface area (Å²) in [6.07, 6.45) is 0. The van der Waals surface area contributed by atoms with E-state index >= 15 is 0 Å². The fraction of sp³-hybridized carbons (Fsp3) is 0.0476. The highest BCUT2D eigenvalue weighted by Gasteiger charge is 2.26. The molecule has 0 aliphatic rings. The van der Waals surface area contributed by atoms with Crippen molar-refractivity contribution in [3.05, 3.63) is 87.8 Å². The number of nitrogens with one attached hydrogen (secondary N) is 1. The highest BCUT2D eigenvalue weighted by molar-refractivity contribution is 6.12. The number of nitrogens with zero attached hydrogens (tertiary/aromatic N) is 2. The molecule has 0 spiro atoms. The summed E-state index contributed by atoms with van der Waals surface area (Å²) in [5.74, 6) is 4.44. The van der Waals surface area contributed by atoms with Gasteiger partial charge in [-0.05, 0) is 31.2 Å². The van der Waals surface area contributed by atoms with Crippen LogP contribution in [-0.2, 0) is 0 Å². The van der Waals surface area contributed by atoms with Crippen LogP contribution in [0, 0.1) is 17.0 Å². The summed E-state index contributed by atoms with van der Waals surface area (Å²) in [6.45, 7) is 1.63. The molecule has 3 N–H and O–H groups in total. The second-order valence-corrected chi connectivity index (χ2v) is 6.53. The molecule has 0 aliphatic carbocycles. The van der Waals surface area contributed by atoms with Gasteiger partial charge in [-0.2, -0.15) is 0 Å². The smallest absolute Gasteiger partial charge is 0.298 e. The van der Waals surface area contributed by atoms with E-state index in [4.69, 9.17) is 10.3 Å². The average Bonchev–Trinajstić information content (AvgIpc) is 3.35. The van der Waals surface area contributed by atoms with Gasteiger partial charge in [0.2, 0.25) is 0 Å². The van der Waals surface area contributed by atoms with Crippen LogP contribution in [0.5, 0.6) is 0 Å². The van der Waals surface area contributed by atoms with Crippen LogP contribution in [0.4, 0.5) is 5.69 Å². The molecule has 0 aliphatic heterocycles. The van der Waals surface area contributed by atoms with Crippen LogP contribution in [0.2, 0.25) is 0 Å². The van der Waals surface area contributed by atoms with Gasteiger partial charge in [0, 0.05) is 17.1 Å². The van der Waals surface area contributed by atoms with Gasteiger partial charge in [-0.1, -0.05) is 30.3 Å². The number of nitrogen functional groups attached to an aromatic ring is 1. The largest absolute Gasteiger partial charge is 0.451 e. The number of carbonyl (C=O) groups excluding carboxylic acids is 2. The van der Waals surface area contributed by atoms with E-state index in [2.05, 4.69) is 5.43 Å². The quantitative estimate of drug-likeness (QED) is 0.232. The molecule has 4 aromatic rings. The molecule has 150 valence electrons. The van der Waals surface area contributed by atoms with E-state index in [1.807, 2.05) is 0 Å². The molecule has 0 fully saturated rings. The number of hydrogen-bond acceptors (Lipinski definition) is 6. The molecule has 0 bridgehead atoms. The molecule has 9 nitrogen and oxygen atoms in total. The third-order valence-electron chi connectivity index (χ3n) is 4.86. The molecule has 2 aromatic carbocycles. The van der Waals surface area contributed by atoms with Crippen molar-refractivity contribution in [3.63, 3.8) is 0 Å². The predicted molar refractivity (Wildman–Crippen MR) is 109 cm³/mol. The van der Waals surface area contributed by atoms with Gasteiger partial charge in [-0.3, -0.25) is 29.7 Å². The lowest BCUT2D eigenvalue weighted by Gasteiger charge is -2.05. The summed E-state index contributed by atoms with van der Waals surface area (Å²) in [5.41, 5.74) is 3.43.